The zero-order valence-electron chi connectivity index (χ0n) is 18.4. The molecule has 0 saturated heterocycles. The molecule has 0 atom stereocenters. The average Bonchev–Trinajstić information content (AvgIpc) is 3.06. The Kier molecular flexibility index (Phi) is 6.36. The molecule has 0 unspecified atom stereocenters. The molecule has 0 aromatic heterocycles. The van der Waals surface area contributed by atoms with Gasteiger partial charge in [0.15, 0.2) is 0 Å². The second-order valence-corrected chi connectivity index (χ2v) is 10.6. The minimum Gasteiger partial charge on any atom is -0.303 e. The van der Waals surface area contributed by atoms with Crippen LogP contribution in [-0.2, 0) is 21.9 Å². The highest BCUT2D eigenvalue weighted by atomic mass is 32.2. The van der Waals surface area contributed by atoms with E-state index in [1.165, 1.54) is 0 Å². The maximum absolute atomic E-state index is 12.2. The fourth-order valence-electron chi connectivity index (χ4n) is 5.12. The predicted octanol–water partition coefficient (Wildman–Crippen LogP) is 3.78. The Morgan fingerprint density at radius 2 is 1.81 bits per heavy atom. The van der Waals surface area contributed by atoms with Crippen LogP contribution in [0.25, 0.3) is 0 Å². The summed E-state index contributed by atoms with van der Waals surface area (Å²) < 4.78 is 26.6. The van der Waals surface area contributed by atoms with E-state index in [-0.39, 0.29) is 15.9 Å². The summed E-state index contributed by atoms with van der Waals surface area (Å²) in [6.07, 6.45) is 6.16. The van der Waals surface area contributed by atoms with Crippen molar-refractivity contribution in [2.75, 3.05) is 13.6 Å². The SMILES string of the molecule is CN(CCCCc1cccc2c1S(=O)(=O)NC2=O)C1CCC(C#N)(c2ccccc2)CC1. The van der Waals surface area contributed by atoms with Crippen molar-refractivity contribution in [1.82, 2.24) is 9.62 Å². The number of nitrogens with zero attached hydrogens (tertiary/aromatic N) is 2. The molecule has 6 nitrogen and oxygen atoms in total. The molecule has 2 aliphatic rings. The molecule has 0 spiro atoms. The fraction of sp³-hybridized carbons (Fsp3) is 0.440. The molecule has 1 N–H and O–H groups in total. The molecule has 32 heavy (non-hydrogen) atoms. The highest BCUT2D eigenvalue weighted by Gasteiger charge is 2.38. The summed E-state index contributed by atoms with van der Waals surface area (Å²) in [5, 5.41) is 9.89. The quantitative estimate of drug-likeness (QED) is 0.647. The molecule has 1 aliphatic heterocycles. The molecule has 1 aliphatic carbocycles. The van der Waals surface area contributed by atoms with Crippen molar-refractivity contribution in [1.29, 1.82) is 5.26 Å². The van der Waals surface area contributed by atoms with E-state index in [4.69, 9.17) is 0 Å². The Balaban J connectivity index is 1.29. The third kappa shape index (κ3) is 4.30. The number of fused-ring (bicyclic) bond motifs is 1. The van der Waals surface area contributed by atoms with Gasteiger partial charge in [0, 0.05) is 6.04 Å². The average molecular weight is 452 g/mol. The first-order chi connectivity index (χ1) is 15.4. The molecular weight excluding hydrogens is 422 g/mol. The van der Waals surface area contributed by atoms with Crippen LogP contribution in [0.5, 0.6) is 0 Å². The van der Waals surface area contributed by atoms with Crippen LogP contribution in [0.4, 0.5) is 0 Å². The number of hydrogen-bond acceptors (Lipinski definition) is 5. The maximum atomic E-state index is 12.2. The number of hydrogen-bond donors (Lipinski definition) is 1. The van der Waals surface area contributed by atoms with Gasteiger partial charge in [-0.2, -0.15) is 5.26 Å². The molecule has 0 radical (unpaired) electrons. The molecule has 1 amide bonds. The van der Waals surface area contributed by atoms with Crippen LogP contribution < -0.4 is 4.72 Å². The molecule has 168 valence electrons. The molecule has 0 bridgehead atoms. The van der Waals surface area contributed by atoms with Crippen LogP contribution in [-0.4, -0.2) is 38.9 Å². The minimum absolute atomic E-state index is 0.152. The highest BCUT2D eigenvalue weighted by Crippen LogP contribution is 2.40. The third-order valence-electron chi connectivity index (χ3n) is 7.02. The smallest absolute Gasteiger partial charge is 0.266 e. The summed E-state index contributed by atoms with van der Waals surface area (Å²) in [5.41, 5.74) is 1.72. The summed E-state index contributed by atoms with van der Waals surface area (Å²) in [7, 11) is -1.59. The van der Waals surface area contributed by atoms with Crippen LogP contribution in [0.1, 0.15) is 60.0 Å². The Morgan fingerprint density at radius 3 is 2.50 bits per heavy atom. The van der Waals surface area contributed by atoms with Gasteiger partial charge in [0.1, 0.15) is 4.90 Å². The molecule has 1 heterocycles. The van der Waals surface area contributed by atoms with Crippen molar-refractivity contribution in [3.63, 3.8) is 0 Å². The van der Waals surface area contributed by atoms with Crippen LogP contribution >= 0.6 is 0 Å². The molecule has 1 saturated carbocycles. The predicted molar refractivity (Wildman–Crippen MR) is 123 cm³/mol. The van der Waals surface area contributed by atoms with Gasteiger partial charge in [0.25, 0.3) is 15.9 Å². The normalized spacial score (nSPS) is 24.0. The number of aryl methyl sites for hydroxylation is 1. The molecule has 2 aromatic carbocycles. The monoisotopic (exact) mass is 451 g/mol. The van der Waals surface area contributed by atoms with E-state index in [0.29, 0.717) is 18.0 Å². The fourth-order valence-corrected chi connectivity index (χ4v) is 6.55. The molecule has 1 fully saturated rings. The number of amides is 1. The van der Waals surface area contributed by atoms with E-state index in [1.54, 1.807) is 18.2 Å². The minimum atomic E-state index is -3.73. The van der Waals surface area contributed by atoms with Crippen LogP contribution in [0, 0.1) is 11.3 Å². The molecular formula is C25H29N3O3S. The number of benzene rings is 2. The van der Waals surface area contributed by atoms with Gasteiger partial charge < -0.3 is 4.90 Å². The largest absolute Gasteiger partial charge is 0.303 e. The lowest BCUT2D eigenvalue weighted by Crippen LogP contribution is -2.40. The number of unbranched alkanes of at least 4 members (excludes halogenated alkanes) is 1. The van der Waals surface area contributed by atoms with Crippen LogP contribution in [0.3, 0.4) is 0 Å². The number of carbonyl (C=O) groups is 1. The summed E-state index contributed by atoms with van der Waals surface area (Å²) >= 11 is 0. The lowest BCUT2D eigenvalue weighted by atomic mass is 9.69. The molecule has 4 rings (SSSR count). The molecule has 7 heteroatoms. The zero-order chi connectivity index (χ0) is 22.8. The van der Waals surface area contributed by atoms with Gasteiger partial charge in [-0.1, -0.05) is 42.5 Å². The Morgan fingerprint density at radius 1 is 1.09 bits per heavy atom. The van der Waals surface area contributed by atoms with Crippen LogP contribution in [0.2, 0.25) is 0 Å². The van der Waals surface area contributed by atoms with E-state index in [2.05, 4.69) is 34.9 Å². The van der Waals surface area contributed by atoms with E-state index in [0.717, 1.165) is 50.6 Å². The number of carbonyl (C=O) groups excluding carboxylic acids is 1. The van der Waals surface area contributed by atoms with Crippen molar-refractivity contribution in [2.24, 2.45) is 0 Å². The van der Waals surface area contributed by atoms with E-state index in [1.807, 2.05) is 18.2 Å². The van der Waals surface area contributed by atoms with Crippen molar-refractivity contribution >= 4 is 15.9 Å². The van der Waals surface area contributed by atoms with E-state index >= 15 is 0 Å². The Labute approximate surface area is 190 Å². The van der Waals surface area contributed by atoms with Crippen molar-refractivity contribution in [3.8, 4) is 6.07 Å². The topological polar surface area (TPSA) is 90.3 Å². The number of rotatable bonds is 7. The van der Waals surface area contributed by atoms with Crippen molar-refractivity contribution in [3.05, 3.63) is 65.2 Å². The van der Waals surface area contributed by atoms with E-state index < -0.39 is 15.9 Å². The Hall–Kier alpha value is -2.69. The summed E-state index contributed by atoms with van der Waals surface area (Å²) in [5.74, 6) is -0.539. The first kappa shape index (κ1) is 22.5. The second-order valence-electron chi connectivity index (χ2n) is 8.96. The standard InChI is InChI=1S/C25H29N3O3S/c1-28(21-13-15-25(18-26,16-14-21)20-10-3-2-4-11-20)17-6-5-8-19-9-7-12-22-23(19)32(30,31)27-24(22)29/h2-4,7,9-12,21H,5-6,8,13-17H2,1H3,(H,27,29). The third-order valence-corrected chi connectivity index (χ3v) is 8.49. The van der Waals surface area contributed by atoms with Gasteiger partial charge in [-0.05, 0) is 75.7 Å². The van der Waals surface area contributed by atoms with E-state index in [9.17, 15) is 18.5 Å². The van der Waals surface area contributed by atoms with Gasteiger partial charge >= 0.3 is 0 Å². The zero-order valence-corrected chi connectivity index (χ0v) is 19.2. The van der Waals surface area contributed by atoms with Crippen LogP contribution in [0.15, 0.2) is 53.4 Å². The second kappa shape index (κ2) is 9.05. The van der Waals surface area contributed by atoms with Gasteiger partial charge in [0.05, 0.1) is 17.0 Å². The lowest BCUT2D eigenvalue weighted by molar-refractivity contribution is 0.0985. The molecule has 2 aromatic rings. The number of nitrogens with one attached hydrogen (secondary N) is 1. The summed E-state index contributed by atoms with van der Waals surface area (Å²) in [6.45, 7) is 0.925. The maximum Gasteiger partial charge on any atom is 0.266 e. The van der Waals surface area contributed by atoms with Gasteiger partial charge in [-0.3, -0.25) is 4.79 Å². The number of nitriles is 1. The number of sulfonamides is 1. The first-order valence-electron chi connectivity index (χ1n) is 11.2. The Bertz CT molecular complexity index is 1130. The summed E-state index contributed by atoms with van der Waals surface area (Å²) in [4.78, 5) is 14.4. The lowest BCUT2D eigenvalue weighted by Gasteiger charge is -2.39. The van der Waals surface area contributed by atoms with Crippen molar-refractivity contribution < 1.29 is 13.2 Å². The van der Waals surface area contributed by atoms with Crippen molar-refractivity contribution in [2.45, 2.75) is 61.3 Å². The van der Waals surface area contributed by atoms with Gasteiger partial charge in [-0.25, -0.2) is 13.1 Å². The first-order valence-corrected chi connectivity index (χ1v) is 12.7. The van der Waals surface area contributed by atoms with Gasteiger partial charge in [0.2, 0.25) is 0 Å². The summed E-state index contributed by atoms with van der Waals surface area (Å²) in [6, 6.07) is 18.3. The highest BCUT2D eigenvalue weighted by molar-refractivity contribution is 7.90. The van der Waals surface area contributed by atoms with Gasteiger partial charge in [-0.15, -0.1) is 0 Å².